The van der Waals surface area contributed by atoms with E-state index in [-0.39, 0.29) is 5.75 Å². The zero-order chi connectivity index (χ0) is 13.9. The molecule has 0 amide bonds. The molecule has 1 aliphatic carbocycles. The molecule has 0 aliphatic heterocycles. The van der Waals surface area contributed by atoms with Gasteiger partial charge in [0.05, 0.1) is 11.9 Å². The zero-order valence-corrected chi connectivity index (χ0v) is 12.0. The number of nitrogens with zero attached hydrogens (tertiary/aromatic N) is 1. The van der Waals surface area contributed by atoms with Crippen molar-refractivity contribution in [2.75, 3.05) is 25.1 Å². The fourth-order valence-electron chi connectivity index (χ4n) is 2.15. The van der Waals surface area contributed by atoms with Crippen molar-refractivity contribution >= 4 is 9.84 Å². The molecule has 19 heavy (non-hydrogen) atoms. The van der Waals surface area contributed by atoms with Crippen molar-refractivity contribution < 1.29 is 13.5 Å². The van der Waals surface area contributed by atoms with E-state index in [0.29, 0.717) is 19.1 Å². The van der Waals surface area contributed by atoms with Gasteiger partial charge in [0.2, 0.25) is 0 Å². The Morgan fingerprint density at radius 2 is 1.95 bits per heavy atom. The Labute approximate surface area is 115 Å². The standard InChI is InChI=1S/C14H21NO3S/c1-19(17,18)10-9-15(13-7-8-13)11-14(16)12-5-3-2-4-6-12/h2-6,13-14,16H,7-11H2,1H3/t14-/m1/s1. The topological polar surface area (TPSA) is 57.6 Å². The largest absolute Gasteiger partial charge is 0.387 e. The highest BCUT2D eigenvalue weighted by Gasteiger charge is 2.30. The lowest BCUT2D eigenvalue weighted by Crippen LogP contribution is -2.34. The van der Waals surface area contributed by atoms with Gasteiger partial charge in [-0.2, -0.15) is 0 Å². The van der Waals surface area contributed by atoms with Crippen molar-refractivity contribution in [2.24, 2.45) is 0 Å². The minimum Gasteiger partial charge on any atom is -0.387 e. The third-order valence-corrected chi connectivity index (χ3v) is 4.33. The van der Waals surface area contributed by atoms with Gasteiger partial charge in [0.25, 0.3) is 0 Å². The molecule has 1 aromatic rings. The Bertz CT molecular complexity index is 497. The SMILES string of the molecule is CS(=O)(=O)CCN(C[C@@H](O)c1ccccc1)C1CC1. The first-order valence-electron chi connectivity index (χ1n) is 6.60. The van der Waals surface area contributed by atoms with Gasteiger partial charge in [0, 0.05) is 25.4 Å². The predicted molar refractivity (Wildman–Crippen MR) is 75.7 cm³/mol. The van der Waals surface area contributed by atoms with E-state index in [1.165, 1.54) is 6.26 Å². The average Bonchev–Trinajstić information content (AvgIpc) is 3.18. The molecule has 0 heterocycles. The van der Waals surface area contributed by atoms with Crippen LogP contribution < -0.4 is 0 Å². The van der Waals surface area contributed by atoms with E-state index in [9.17, 15) is 13.5 Å². The maximum atomic E-state index is 11.2. The maximum absolute atomic E-state index is 11.2. The maximum Gasteiger partial charge on any atom is 0.148 e. The van der Waals surface area contributed by atoms with Crippen LogP contribution in [0.4, 0.5) is 0 Å². The highest BCUT2D eigenvalue weighted by molar-refractivity contribution is 7.90. The summed E-state index contributed by atoms with van der Waals surface area (Å²) in [5.74, 6) is 0.158. The molecule has 1 N–H and O–H groups in total. The van der Waals surface area contributed by atoms with Crippen LogP contribution in [0.25, 0.3) is 0 Å². The van der Waals surface area contributed by atoms with Crippen LogP contribution in [0.15, 0.2) is 30.3 Å². The van der Waals surface area contributed by atoms with Gasteiger partial charge in [0.1, 0.15) is 9.84 Å². The smallest absolute Gasteiger partial charge is 0.148 e. The van der Waals surface area contributed by atoms with Crippen LogP contribution in [0, 0.1) is 0 Å². The van der Waals surface area contributed by atoms with Gasteiger partial charge in [-0.05, 0) is 18.4 Å². The number of sulfone groups is 1. The van der Waals surface area contributed by atoms with E-state index in [0.717, 1.165) is 18.4 Å². The Morgan fingerprint density at radius 1 is 1.32 bits per heavy atom. The van der Waals surface area contributed by atoms with Crippen molar-refractivity contribution in [2.45, 2.75) is 25.0 Å². The summed E-state index contributed by atoms with van der Waals surface area (Å²) in [5.41, 5.74) is 0.882. The van der Waals surface area contributed by atoms with Gasteiger partial charge in [-0.25, -0.2) is 8.42 Å². The van der Waals surface area contributed by atoms with Crippen LogP contribution >= 0.6 is 0 Å². The van der Waals surface area contributed by atoms with Gasteiger partial charge in [-0.1, -0.05) is 30.3 Å². The molecule has 5 heteroatoms. The van der Waals surface area contributed by atoms with Crippen molar-refractivity contribution in [3.63, 3.8) is 0 Å². The molecule has 0 saturated heterocycles. The number of benzene rings is 1. The minimum absolute atomic E-state index is 0.158. The Kier molecular flexibility index (Phi) is 4.60. The molecular formula is C14H21NO3S. The predicted octanol–water partition coefficient (Wildman–Crippen LogP) is 1.23. The number of aliphatic hydroxyl groups excluding tert-OH is 1. The van der Waals surface area contributed by atoms with Crippen LogP contribution in [0.5, 0.6) is 0 Å². The van der Waals surface area contributed by atoms with Gasteiger partial charge in [-0.15, -0.1) is 0 Å². The molecule has 1 fully saturated rings. The number of rotatable bonds is 7. The lowest BCUT2D eigenvalue weighted by Gasteiger charge is -2.24. The van der Waals surface area contributed by atoms with Gasteiger partial charge >= 0.3 is 0 Å². The average molecular weight is 283 g/mol. The number of aliphatic hydroxyl groups is 1. The third kappa shape index (κ3) is 4.93. The zero-order valence-electron chi connectivity index (χ0n) is 11.2. The molecule has 4 nitrogen and oxygen atoms in total. The van der Waals surface area contributed by atoms with Crippen molar-refractivity contribution in [1.29, 1.82) is 0 Å². The molecule has 1 aliphatic rings. The first-order chi connectivity index (χ1) is 8.96. The number of hydrogen-bond donors (Lipinski definition) is 1. The third-order valence-electron chi connectivity index (χ3n) is 3.40. The van der Waals surface area contributed by atoms with E-state index in [2.05, 4.69) is 4.90 Å². The Hall–Kier alpha value is -0.910. The fraction of sp³-hybridized carbons (Fsp3) is 0.571. The second kappa shape index (κ2) is 6.03. The van der Waals surface area contributed by atoms with E-state index in [1.54, 1.807) is 0 Å². The molecule has 2 rings (SSSR count). The minimum atomic E-state index is -2.95. The molecule has 1 aromatic carbocycles. The normalized spacial score (nSPS) is 17.6. The summed E-state index contributed by atoms with van der Waals surface area (Å²) in [7, 11) is -2.95. The monoisotopic (exact) mass is 283 g/mol. The molecule has 1 atom stereocenters. The van der Waals surface area contributed by atoms with Crippen LogP contribution in [-0.4, -0.2) is 49.6 Å². The Morgan fingerprint density at radius 3 is 2.47 bits per heavy atom. The summed E-state index contributed by atoms with van der Waals surface area (Å²) in [4.78, 5) is 2.10. The van der Waals surface area contributed by atoms with Crippen LogP contribution in [-0.2, 0) is 9.84 Å². The van der Waals surface area contributed by atoms with E-state index in [4.69, 9.17) is 0 Å². The van der Waals surface area contributed by atoms with E-state index < -0.39 is 15.9 Å². The summed E-state index contributed by atoms with van der Waals surface area (Å²) < 4.78 is 22.5. The van der Waals surface area contributed by atoms with Gasteiger partial charge < -0.3 is 5.11 Å². The summed E-state index contributed by atoms with van der Waals surface area (Å²) in [6, 6.07) is 9.95. The Balaban J connectivity index is 1.93. The molecule has 0 spiro atoms. The first-order valence-corrected chi connectivity index (χ1v) is 8.66. The van der Waals surface area contributed by atoms with Gasteiger partial charge in [-0.3, -0.25) is 4.90 Å². The second-order valence-corrected chi connectivity index (χ2v) is 7.54. The lowest BCUT2D eigenvalue weighted by molar-refractivity contribution is 0.112. The summed E-state index contributed by atoms with van der Waals surface area (Å²) in [5, 5.41) is 10.2. The summed E-state index contributed by atoms with van der Waals surface area (Å²) in [6.07, 6.45) is 2.91. The first kappa shape index (κ1) is 14.5. The number of hydrogen-bond acceptors (Lipinski definition) is 4. The van der Waals surface area contributed by atoms with Crippen molar-refractivity contribution in [3.8, 4) is 0 Å². The molecule has 0 unspecified atom stereocenters. The van der Waals surface area contributed by atoms with Crippen molar-refractivity contribution in [1.82, 2.24) is 4.90 Å². The van der Waals surface area contributed by atoms with Gasteiger partial charge in [0.15, 0.2) is 0 Å². The summed E-state index contributed by atoms with van der Waals surface area (Å²) >= 11 is 0. The molecule has 0 radical (unpaired) electrons. The lowest BCUT2D eigenvalue weighted by atomic mass is 10.1. The van der Waals surface area contributed by atoms with Crippen LogP contribution in [0.3, 0.4) is 0 Å². The van der Waals surface area contributed by atoms with Crippen molar-refractivity contribution in [3.05, 3.63) is 35.9 Å². The molecular weight excluding hydrogens is 262 g/mol. The van der Waals surface area contributed by atoms with E-state index >= 15 is 0 Å². The molecule has 0 bridgehead atoms. The quantitative estimate of drug-likeness (QED) is 0.817. The van der Waals surface area contributed by atoms with Crippen LogP contribution in [0.1, 0.15) is 24.5 Å². The fourth-order valence-corrected chi connectivity index (χ4v) is 2.71. The highest BCUT2D eigenvalue weighted by atomic mass is 32.2. The second-order valence-electron chi connectivity index (χ2n) is 5.28. The highest BCUT2D eigenvalue weighted by Crippen LogP contribution is 2.28. The molecule has 106 valence electrons. The summed E-state index contributed by atoms with van der Waals surface area (Å²) in [6.45, 7) is 1.01. The molecule has 1 saturated carbocycles. The van der Waals surface area contributed by atoms with E-state index in [1.807, 2.05) is 30.3 Å². The van der Waals surface area contributed by atoms with Crippen LogP contribution in [0.2, 0.25) is 0 Å². The molecule has 0 aromatic heterocycles.